The number of para-hydroxylation sites is 1. The van der Waals surface area contributed by atoms with Crippen LogP contribution in [0.15, 0.2) is 47.7 Å². The van der Waals surface area contributed by atoms with E-state index in [9.17, 15) is 4.79 Å². The average molecular weight is 337 g/mol. The van der Waals surface area contributed by atoms with Crippen molar-refractivity contribution in [2.24, 2.45) is 0 Å². The van der Waals surface area contributed by atoms with Gasteiger partial charge in [-0.3, -0.25) is 9.36 Å². The normalized spacial score (nSPS) is 11.2. The van der Waals surface area contributed by atoms with Gasteiger partial charge in [0.1, 0.15) is 11.7 Å². The number of aryl methyl sites for hydroxylation is 2. The Morgan fingerprint density at radius 3 is 2.67 bits per heavy atom. The van der Waals surface area contributed by atoms with Crippen LogP contribution in [0, 0.1) is 13.8 Å². The third-order valence-electron chi connectivity index (χ3n) is 3.87. The van der Waals surface area contributed by atoms with Crippen molar-refractivity contribution < 1.29 is 0 Å². The highest BCUT2D eigenvalue weighted by molar-refractivity contribution is 7.11. The molecule has 4 aromatic rings. The van der Waals surface area contributed by atoms with Crippen LogP contribution in [0.1, 0.15) is 15.6 Å². The van der Waals surface area contributed by atoms with Crippen molar-refractivity contribution >= 4 is 22.4 Å². The molecule has 24 heavy (non-hydrogen) atoms. The lowest BCUT2D eigenvalue weighted by molar-refractivity contribution is 0.749. The van der Waals surface area contributed by atoms with Crippen molar-refractivity contribution in [3.05, 3.63) is 68.8 Å². The maximum Gasteiger partial charge on any atom is 0.264 e. The maximum absolute atomic E-state index is 12.7. The molecule has 0 saturated carbocycles. The number of rotatable bonds is 3. The molecule has 0 unspecified atom stereocenters. The molecule has 4 rings (SSSR count). The van der Waals surface area contributed by atoms with E-state index < -0.39 is 0 Å². The van der Waals surface area contributed by atoms with Gasteiger partial charge in [-0.1, -0.05) is 18.2 Å². The number of fused-ring (bicyclic) bond motifs is 1. The molecule has 0 aliphatic heterocycles. The summed E-state index contributed by atoms with van der Waals surface area (Å²) < 4.78 is 3.29. The van der Waals surface area contributed by atoms with Crippen LogP contribution in [0.4, 0.5) is 0 Å². The van der Waals surface area contributed by atoms with Crippen molar-refractivity contribution in [3.8, 4) is 5.69 Å². The first-order valence-electron chi connectivity index (χ1n) is 7.55. The lowest BCUT2D eigenvalue weighted by Crippen LogP contribution is -2.21. The van der Waals surface area contributed by atoms with E-state index in [4.69, 9.17) is 0 Å². The van der Waals surface area contributed by atoms with E-state index in [2.05, 4.69) is 15.1 Å². The Morgan fingerprint density at radius 1 is 1.17 bits per heavy atom. The summed E-state index contributed by atoms with van der Waals surface area (Å²) in [7, 11) is 0. The summed E-state index contributed by atoms with van der Waals surface area (Å²) >= 11 is 1.61. The van der Waals surface area contributed by atoms with Crippen LogP contribution in [0.2, 0.25) is 0 Å². The Bertz CT molecular complexity index is 1080. The van der Waals surface area contributed by atoms with Gasteiger partial charge < -0.3 is 0 Å². The standard InChI is InChI=1S/C17H15N5OS/c1-11-15(24-12(2)20-11)9-21-10-18-16-14(17(21)23)8-19-22(16)13-6-4-3-5-7-13/h3-8,10H,9H2,1-2H3. The van der Waals surface area contributed by atoms with E-state index in [-0.39, 0.29) is 5.56 Å². The second-order valence-electron chi connectivity index (χ2n) is 5.55. The monoisotopic (exact) mass is 337 g/mol. The maximum atomic E-state index is 12.7. The molecule has 120 valence electrons. The van der Waals surface area contributed by atoms with Crippen molar-refractivity contribution in [1.82, 2.24) is 24.3 Å². The van der Waals surface area contributed by atoms with Gasteiger partial charge in [0, 0.05) is 4.88 Å². The van der Waals surface area contributed by atoms with E-state index in [0.29, 0.717) is 17.6 Å². The third kappa shape index (κ3) is 2.43. The van der Waals surface area contributed by atoms with Crippen molar-refractivity contribution in [2.45, 2.75) is 20.4 Å². The largest absolute Gasteiger partial charge is 0.293 e. The molecule has 0 spiro atoms. The highest BCUT2D eigenvalue weighted by Gasteiger charge is 2.13. The lowest BCUT2D eigenvalue weighted by atomic mass is 10.3. The first-order chi connectivity index (χ1) is 11.6. The first-order valence-corrected chi connectivity index (χ1v) is 8.36. The zero-order valence-corrected chi connectivity index (χ0v) is 14.1. The summed E-state index contributed by atoms with van der Waals surface area (Å²) in [4.78, 5) is 22.7. The molecule has 0 fully saturated rings. The number of hydrogen-bond acceptors (Lipinski definition) is 5. The smallest absolute Gasteiger partial charge is 0.264 e. The zero-order chi connectivity index (χ0) is 16.7. The number of thiazole rings is 1. The van der Waals surface area contributed by atoms with E-state index in [1.165, 1.54) is 0 Å². The fourth-order valence-electron chi connectivity index (χ4n) is 2.69. The predicted octanol–water partition coefficient (Wildman–Crippen LogP) is 2.70. The van der Waals surface area contributed by atoms with E-state index in [1.54, 1.807) is 33.1 Å². The van der Waals surface area contributed by atoms with Crippen LogP contribution in [-0.4, -0.2) is 24.3 Å². The summed E-state index contributed by atoms with van der Waals surface area (Å²) in [5, 5.41) is 5.84. The van der Waals surface area contributed by atoms with E-state index >= 15 is 0 Å². The average Bonchev–Trinajstić information content (AvgIpc) is 3.14. The van der Waals surface area contributed by atoms with Gasteiger partial charge in [-0.05, 0) is 26.0 Å². The molecule has 0 radical (unpaired) electrons. The zero-order valence-electron chi connectivity index (χ0n) is 13.3. The minimum atomic E-state index is -0.0902. The van der Waals surface area contributed by atoms with Crippen molar-refractivity contribution in [1.29, 1.82) is 0 Å². The summed E-state index contributed by atoms with van der Waals surface area (Å²) in [5.41, 5.74) is 2.32. The van der Waals surface area contributed by atoms with Gasteiger partial charge in [0.25, 0.3) is 5.56 Å². The molecule has 0 saturated heterocycles. The van der Waals surface area contributed by atoms with Crippen LogP contribution in [0.25, 0.3) is 16.7 Å². The van der Waals surface area contributed by atoms with Crippen LogP contribution < -0.4 is 5.56 Å². The molecule has 0 aliphatic rings. The molecule has 0 N–H and O–H groups in total. The number of aromatic nitrogens is 5. The van der Waals surface area contributed by atoms with Crippen molar-refractivity contribution in [2.75, 3.05) is 0 Å². The summed E-state index contributed by atoms with van der Waals surface area (Å²) in [6, 6.07) is 9.67. The third-order valence-corrected chi connectivity index (χ3v) is 4.93. The molecule has 0 aliphatic carbocycles. The molecule has 3 aromatic heterocycles. The molecule has 3 heterocycles. The molecular weight excluding hydrogens is 322 g/mol. The Labute approximate surface area is 142 Å². The molecule has 7 heteroatoms. The molecule has 6 nitrogen and oxygen atoms in total. The minimum absolute atomic E-state index is 0.0902. The fourth-order valence-corrected chi connectivity index (χ4v) is 3.63. The highest BCUT2D eigenvalue weighted by atomic mass is 32.1. The first kappa shape index (κ1) is 14.8. The lowest BCUT2D eigenvalue weighted by Gasteiger charge is -2.05. The Kier molecular flexibility index (Phi) is 3.50. The van der Waals surface area contributed by atoms with Gasteiger partial charge in [0.15, 0.2) is 5.65 Å². The predicted molar refractivity (Wildman–Crippen MR) is 93.8 cm³/mol. The molecule has 0 amide bonds. The summed E-state index contributed by atoms with van der Waals surface area (Å²) in [6.07, 6.45) is 3.17. The Morgan fingerprint density at radius 2 is 1.96 bits per heavy atom. The quantitative estimate of drug-likeness (QED) is 0.576. The van der Waals surface area contributed by atoms with E-state index in [1.807, 2.05) is 44.2 Å². The van der Waals surface area contributed by atoms with Crippen LogP contribution in [0.5, 0.6) is 0 Å². The van der Waals surface area contributed by atoms with Gasteiger partial charge in [0.2, 0.25) is 0 Å². The van der Waals surface area contributed by atoms with Gasteiger partial charge in [-0.2, -0.15) is 5.10 Å². The molecule has 0 atom stereocenters. The summed E-state index contributed by atoms with van der Waals surface area (Å²) in [6.45, 7) is 4.41. The van der Waals surface area contributed by atoms with Gasteiger partial charge in [-0.25, -0.2) is 14.6 Å². The molecule has 1 aromatic carbocycles. The second kappa shape index (κ2) is 5.68. The SMILES string of the molecule is Cc1nc(C)c(Cn2cnc3c(cnn3-c3ccccc3)c2=O)s1. The molecule has 0 bridgehead atoms. The molecular formula is C17H15N5OS. The number of benzene rings is 1. The highest BCUT2D eigenvalue weighted by Crippen LogP contribution is 2.18. The number of nitrogens with zero attached hydrogens (tertiary/aromatic N) is 5. The Hall–Kier alpha value is -2.80. The fraction of sp³-hybridized carbons (Fsp3) is 0.176. The number of hydrogen-bond donors (Lipinski definition) is 0. The van der Waals surface area contributed by atoms with Gasteiger partial charge >= 0.3 is 0 Å². The summed E-state index contributed by atoms with van der Waals surface area (Å²) in [5.74, 6) is 0. The van der Waals surface area contributed by atoms with Crippen molar-refractivity contribution in [3.63, 3.8) is 0 Å². The van der Waals surface area contributed by atoms with E-state index in [0.717, 1.165) is 21.3 Å². The Balaban J connectivity index is 1.80. The van der Waals surface area contributed by atoms with Gasteiger partial charge in [0.05, 0.1) is 29.1 Å². The van der Waals surface area contributed by atoms with Crippen LogP contribution in [-0.2, 0) is 6.54 Å². The van der Waals surface area contributed by atoms with Gasteiger partial charge in [-0.15, -0.1) is 11.3 Å². The van der Waals surface area contributed by atoms with Crippen LogP contribution in [0.3, 0.4) is 0 Å². The topological polar surface area (TPSA) is 65.6 Å². The minimum Gasteiger partial charge on any atom is -0.293 e. The second-order valence-corrected chi connectivity index (χ2v) is 6.84. The van der Waals surface area contributed by atoms with Crippen LogP contribution >= 0.6 is 11.3 Å².